The zero-order chi connectivity index (χ0) is 15.6. The highest BCUT2D eigenvalue weighted by molar-refractivity contribution is 9.10. The van der Waals surface area contributed by atoms with Crippen molar-refractivity contribution in [3.05, 3.63) is 52.5 Å². The van der Waals surface area contributed by atoms with Crippen molar-refractivity contribution in [1.29, 1.82) is 0 Å². The maximum absolute atomic E-state index is 12.3. The molecule has 0 unspecified atom stereocenters. The van der Waals surface area contributed by atoms with Crippen molar-refractivity contribution < 1.29 is 18.3 Å². The lowest BCUT2D eigenvalue weighted by molar-refractivity contribution is 0.0697. The predicted molar refractivity (Wildman–Crippen MR) is 82.8 cm³/mol. The molecular formula is C13H11BrN2O4S. The van der Waals surface area contributed by atoms with Gasteiger partial charge in [-0.05, 0) is 46.3 Å². The van der Waals surface area contributed by atoms with Crippen LogP contribution in [0.1, 0.15) is 10.4 Å². The minimum atomic E-state index is -3.82. The Morgan fingerprint density at radius 3 is 2.43 bits per heavy atom. The molecule has 0 bridgehead atoms. The second-order valence-electron chi connectivity index (χ2n) is 4.14. The summed E-state index contributed by atoms with van der Waals surface area (Å²) in [5.41, 5.74) is 5.82. The first-order valence-electron chi connectivity index (χ1n) is 5.71. The summed E-state index contributed by atoms with van der Waals surface area (Å²) in [5.74, 6) is -1.14. The average Bonchev–Trinajstić information content (AvgIpc) is 2.41. The molecule has 2 aromatic rings. The molecule has 0 atom stereocenters. The van der Waals surface area contributed by atoms with E-state index in [1.165, 1.54) is 24.3 Å². The lowest BCUT2D eigenvalue weighted by atomic mass is 10.2. The van der Waals surface area contributed by atoms with Crippen molar-refractivity contribution in [2.75, 3.05) is 10.5 Å². The second-order valence-corrected chi connectivity index (χ2v) is 6.65. The first kappa shape index (κ1) is 15.3. The van der Waals surface area contributed by atoms with Crippen LogP contribution in [0.5, 0.6) is 0 Å². The van der Waals surface area contributed by atoms with E-state index in [-0.39, 0.29) is 21.8 Å². The molecule has 0 amide bonds. The molecule has 0 saturated carbocycles. The molecule has 0 spiro atoms. The largest absolute Gasteiger partial charge is 0.478 e. The molecule has 110 valence electrons. The first-order valence-corrected chi connectivity index (χ1v) is 7.99. The zero-order valence-electron chi connectivity index (χ0n) is 10.6. The fourth-order valence-corrected chi connectivity index (χ4v) is 3.74. The van der Waals surface area contributed by atoms with E-state index in [1.807, 2.05) is 0 Å². The molecule has 0 aliphatic carbocycles. The summed E-state index contributed by atoms with van der Waals surface area (Å²) in [6, 6.07) is 10.1. The van der Waals surface area contributed by atoms with E-state index < -0.39 is 16.0 Å². The molecular weight excluding hydrogens is 360 g/mol. The van der Waals surface area contributed by atoms with E-state index in [4.69, 9.17) is 10.8 Å². The lowest BCUT2D eigenvalue weighted by Gasteiger charge is -2.11. The number of hydrogen-bond donors (Lipinski definition) is 3. The number of hydrogen-bond acceptors (Lipinski definition) is 4. The number of nitrogen functional groups attached to an aromatic ring is 1. The van der Waals surface area contributed by atoms with Gasteiger partial charge in [0.1, 0.15) is 4.90 Å². The van der Waals surface area contributed by atoms with Crippen LogP contribution in [0.3, 0.4) is 0 Å². The van der Waals surface area contributed by atoms with Crippen molar-refractivity contribution in [3.63, 3.8) is 0 Å². The number of anilines is 2. The van der Waals surface area contributed by atoms with Gasteiger partial charge in [-0.1, -0.05) is 12.1 Å². The highest BCUT2D eigenvalue weighted by Crippen LogP contribution is 2.27. The number of carbonyl (C=O) groups is 1. The van der Waals surface area contributed by atoms with Crippen LogP contribution >= 0.6 is 15.9 Å². The molecule has 0 fully saturated rings. The number of carboxylic acids is 1. The molecule has 6 nitrogen and oxygen atoms in total. The number of rotatable bonds is 4. The minimum absolute atomic E-state index is 0.0173. The maximum atomic E-state index is 12.3. The topological polar surface area (TPSA) is 109 Å². The highest BCUT2D eigenvalue weighted by Gasteiger charge is 2.18. The summed E-state index contributed by atoms with van der Waals surface area (Å²) < 4.78 is 27.3. The summed E-state index contributed by atoms with van der Waals surface area (Å²) in [4.78, 5) is 10.9. The third-order valence-electron chi connectivity index (χ3n) is 2.67. The van der Waals surface area contributed by atoms with Gasteiger partial charge in [-0.25, -0.2) is 13.2 Å². The molecule has 0 aliphatic heterocycles. The maximum Gasteiger partial charge on any atom is 0.335 e. The van der Waals surface area contributed by atoms with E-state index in [0.29, 0.717) is 4.47 Å². The number of aromatic carboxylic acids is 1. The van der Waals surface area contributed by atoms with Crippen molar-refractivity contribution >= 4 is 43.3 Å². The summed E-state index contributed by atoms with van der Waals surface area (Å²) in [7, 11) is -3.82. The van der Waals surface area contributed by atoms with Crippen molar-refractivity contribution in [1.82, 2.24) is 0 Å². The summed E-state index contributed by atoms with van der Waals surface area (Å²) in [6.45, 7) is 0. The van der Waals surface area contributed by atoms with Gasteiger partial charge in [0.05, 0.1) is 16.9 Å². The minimum Gasteiger partial charge on any atom is -0.478 e. The monoisotopic (exact) mass is 370 g/mol. The molecule has 0 radical (unpaired) electrons. The molecule has 0 saturated heterocycles. The zero-order valence-corrected chi connectivity index (χ0v) is 13.0. The van der Waals surface area contributed by atoms with Crippen LogP contribution in [-0.4, -0.2) is 19.5 Å². The van der Waals surface area contributed by atoms with Crippen LogP contribution in [0, 0.1) is 0 Å². The molecule has 8 heteroatoms. The quantitative estimate of drug-likeness (QED) is 0.716. The van der Waals surface area contributed by atoms with Gasteiger partial charge in [-0.3, -0.25) is 4.72 Å². The van der Waals surface area contributed by atoms with Crippen LogP contribution < -0.4 is 10.5 Å². The van der Waals surface area contributed by atoms with Gasteiger partial charge in [-0.2, -0.15) is 0 Å². The summed E-state index contributed by atoms with van der Waals surface area (Å²) >= 11 is 3.17. The lowest BCUT2D eigenvalue weighted by Crippen LogP contribution is -2.15. The Kier molecular flexibility index (Phi) is 4.19. The van der Waals surface area contributed by atoms with Gasteiger partial charge in [0.2, 0.25) is 0 Å². The third-order valence-corrected chi connectivity index (χ3v) is 5.05. The fourth-order valence-electron chi connectivity index (χ4n) is 1.65. The van der Waals surface area contributed by atoms with Gasteiger partial charge in [0, 0.05) is 4.47 Å². The fraction of sp³-hybridized carbons (Fsp3) is 0. The third kappa shape index (κ3) is 3.34. The first-order chi connectivity index (χ1) is 9.81. The van der Waals surface area contributed by atoms with Crippen LogP contribution in [0.15, 0.2) is 51.8 Å². The number of carboxylic acid groups (broad SMARTS) is 1. The number of halogens is 1. The standard InChI is InChI=1S/C13H11BrN2O4S/c14-9-3-1-2-4-12(9)21(19,20)16-11-6-5-8(13(17)18)7-10(11)15/h1-7,16H,15H2,(H,17,18). The van der Waals surface area contributed by atoms with Crippen molar-refractivity contribution in [2.24, 2.45) is 0 Å². The summed E-state index contributed by atoms with van der Waals surface area (Å²) in [5, 5.41) is 8.85. The van der Waals surface area contributed by atoms with Crippen molar-refractivity contribution in [3.8, 4) is 0 Å². The molecule has 2 aromatic carbocycles. The number of sulfonamides is 1. The molecule has 0 aliphatic rings. The molecule has 21 heavy (non-hydrogen) atoms. The molecule has 0 heterocycles. The van der Waals surface area contributed by atoms with E-state index in [1.54, 1.807) is 18.2 Å². The highest BCUT2D eigenvalue weighted by atomic mass is 79.9. The van der Waals surface area contributed by atoms with Gasteiger partial charge >= 0.3 is 5.97 Å². The number of nitrogens with two attached hydrogens (primary N) is 1. The van der Waals surface area contributed by atoms with Gasteiger partial charge < -0.3 is 10.8 Å². The predicted octanol–water partition coefficient (Wildman–Crippen LogP) is 2.53. The number of benzene rings is 2. The second kappa shape index (κ2) is 5.74. The Hall–Kier alpha value is -2.06. The van der Waals surface area contributed by atoms with Crippen LogP contribution in [0.25, 0.3) is 0 Å². The van der Waals surface area contributed by atoms with Crippen LogP contribution in [0.2, 0.25) is 0 Å². The normalized spacial score (nSPS) is 11.1. The Morgan fingerprint density at radius 1 is 1.19 bits per heavy atom. The Balaban J connectivity index is 2.38. The van der Waals surface area contributed by atoms with E-state index in [9.17, 15) is 13.2 Å². The smallest absolute Gasteiger partial charge is 0.335 e. The van der Waals surface area contributed by atoms with E-state index in [0.717, 1.165) is 0 Å². The van der Waals surface area contributed by atoms with E-state index >= 15 is 0 Å². The van der Waals surface area contributed by atoms with Crippen molar-refractivity contribution in [2.45, 2.75) is 4.90 Å². The molecule has 0 aromatic heterocycles. The molecule has 2 rings (SSSR count). The SMILES string of the molecule is Nc1cc(C(=O)O)ccc1NS(=O)(=O)c1ccccc1Br. The van der Waals surface area contributed by atoms with Crippen LogP contribution in [-0.2, 0) is 10.0 Å². The Labute approximate surface area is 129 Å². The number of nitrogens with one attached hydrogen (secondary N) is 1. The average molecular weight is 371 g/mol. The van der Waals surface area contributed by atoms with Gasteiger partial charge in [-0.15, -0.1) is 0 Å². The van der Waals surface area contributed by atoms with E-state index in [2.05, 4.69) is 20.7 Å². The van der Waals surface area contributed by atoms with Gasteiger partial charge in [0.25, 0.3) is 10.0 Å². The Bertz CT molecular complexity index is 806. The van der Waals surface area contributed by atoms with Gasteiger partial charge in [0.15, 0.2) is 0 Å². The molecule has 4 N–H and O–H groups in total. The van der Waals surface area contributed by atoms with Crippen LogP contribution in [0.4, 0.5) is 11.4 Å². The summed E-state index contributed by atoms with van der Waals surface area (Å²) in [6.07, 6.45) is 0. The Morgan fingerprint density at radius 2 is 1.86 bits per heavy atom.